The topological polar surface area (TPSA) is 46.0 Å². The predicted octanol–water partition coefficient (Wildman–Crippen LogP) is 2.66. The minimum Gasteiger partial charge on any atom is -0.391 e. The lowest BCUT2D eigenvalue weighted by molar-refractivity contribution is 0.285. The fourth-order valence-corrected chi connectivity index (χ4v) is 2.32. The number of aliphatic hydroxyl groups is 1. The van der Waals surface area contributed by atoms with Crippen molar-refractivity contribution < 1.29 is 5.11 Å². The zero-order valence-corrected chi connectivity index (χ0v) is 9.64. The summed E-state index contributed by atoms with van der Waals surface area (Å²) in [5, 5.41) is 9.22. The first-order valence-electron chi connectivity index (χ1n) is 4.40. The third-order valence-corrected chi connectivity index (χ3v) is 3.25. The third-order valence-electron chi connectivity index (χ3n) is 1.99. The minimum atomic E-state index is 0.0581. The Morgan fingerprint density at radius 1 is 1.47 bits per heavy atom. The van der Waals surface area contributed by atoms with E-state index < -0.39 is 0 Å². The highest BCUT2D eigenvalue weighted by Gasteiger charge is 2.08. The highest BCUT2D eigenvalue weighted by Crippen LogP contribution is 2.29. The van der Waals surface area contributed by atoms with Gasteiger partial charge in [0.25, 0.3) is 0 Å². The summed E-state index contributed by atoms with van der Waals surface area (Å²) >= 11 is 7.25. The zero-order chi connectivity index (χ0) is 10.8. The number of rotatable bonds is 2. The molecule has 3 nitrogen and oxygen atoms in total. The summed E-state index contributed by atoms with van der Waals surface area (Å²) in [5.41, 5.74) is 1.81. The van der Waals surface area contributed by atoms with Crippen molar-refractivity contribution in [2.75, 3.05) is 0 Å². The molecule has 15 heavy (non-hydrogen) atoms. The van der Waals surface area contributed by atoms with Gasteiger partial charge in [-0.3, -0.25) is 0 Å². The van der Waals surface area contributed by atoms with E-state index in [1.807, 2.05) is 19.1 Å². The van der Waals surface area contributed by atoms with Crippen LogP contribution >= 0.6 is 22.9 Å². The van der Waals surface area contributed by atoms with E-state index in [1.54, 1.807) is 6.20 Å². The molecule has 0 aliphatic rings. The van der Waals surface area contributed by atoms with E-state index in [0.717, 1.165) is 21.0 Å². The molecule has 1 N–H and O–H groups in total. The lowest BCUT2D eigenvalue weighted by Gasteiger charge is -2.01. The van der Waals surface area contributed by atoms with Crippen LogP contribution in [0.4, 0.5) is 0 Å². The second-order valence-electron chi connectivity index (χ2n) is 3.09. The minimum absolute atomic E-state index is 0.0581. The van der Waals surface area contributed by atoms with Crippen LogP contribution in [-0.2, 0) is 6.61 Å². The van der Waals surface area contributed by atoms with Crippen LogP contribution in [0.2, 0.25) is 5.28 Å². The van der Waals surface area contributed by atoms with Crippen molar-refractivity contribution in [2.24, 2.45) is 0 Å². The Morgan fingerprint density at radius 2 is 2.27 bits per heavy atom. The number of nitrogens with zero attached hydrogens (tertiary/aromatic N) is 2. The highest BCUT2D eigenvalue weighted by molar-refractivity contribution is 7.15. The molecular formula is C10H9ClN2OS. The van der Waals surface area contributed by atoms with Gasteiger partial charge in [-0.25, -0.2) is 9.97 Å². The van der Waals surface area contributed by atoms with E-state index in [-0.39, 0.29) is 11.9 Å². The molecule has 0 aliphatic carbocycles. The van der Waals surface area contributed by atoms with Crippen LogP contribution in [0.3, 0.4) is 0 Å². The summed E-state index contributed by atoms with van der Waals surface area (Å²) in [6.45, 7) is 1.99. The summed E-state index contributed by atoms with van der Waals surface area (Å²) in [5.74, 6) is 0. The maximum atomic E-state index is 8.97. The SMILES string of the molecule is Cc1cnc(Cl)nc1-c1ccc(CO)s1. The van der Waals surface area contributed by atoms with E-state index in [9.17, 15) is 0 Å². The summed E-state index contributed by atoms with van der Waals surface area (Å²) in [6.07, 6.45) is 1.70. The average Bonchev–Trinajstić information content (AvgIpc) is 2.70. The van der Waals surface area contributed by atoms with Crippen LogP contribution in [0.25, 0.3) is 10.6 Å². The Labute approximate surface area is 96.4 Å². The summed E-state index contributed by atoms with van der Waals surface area (Å²) in [4.78, 5) is 9.99. The van der Waals surface area contributed by atoms with Gasteiger partial charge in [0.2, 0.25) is 5.28 Å². The van der Waals surface area contributed by atoms with Gasteiger partial charge in [-0.2, -0.15) is 0 Å². The second kappa shape index (κ2) is 4.26. The smallest absolute Gasteiger partial charge is 0.222 e. The van der Waals surface area contributed by atoms with Crippen LogP contribution in [0.5, 0.6) is 0 Å². The van der Waals surface area contributed by atoms with Crippen molar-refractivity contribution in [2.45, 2.75) is 13.5 Å². The Kier molecular flexibility index (Phi) is 3.00. The lowest BCUT2D eigenvalue weighted by atomic mass is 10.2. The molecule has 5 heteroatoms. The summed E-state index contributed by atoms with van der Waals surface area (Å²) in [6, 6.07) is 3.82. The molecule has 0 amide bonds. The van der Waals surface area contributed by atoms with Gasteiger partial charge in [0.05, 0.1) is 17.2 Å². The van der Waals surface area contributed by atoms with Crippen LogP contribution < -0.4 is 0 Å². The second-order valence-corrected chi connectivity index (χ2v) is 4.60. The largest absolute Gasteiger partial charge is 0.391 e. The molecule has 0 atom stereocenters. The average molecular weight is 241 g/mol. The van der Waals surface area contributed by atoms with Gasteiger partial charge in [-0.1, -0.05) is 0 Å². The number of hydrogen-bond donors (Lipinski definition) is 1. The lowest BCUT2D eigenvalue weighted by Crippen LogP contribution is -1.89. The molecule has 0 aromatic carbocycles. The van der Waals surface area contributed by atoms with Gasteiger partial charge in [0.1, 0.15) is 0 Å². The molecule has 2 aromatic rings. The fraction of sp³-hybridized carbons (Fsp3) is 0.200. The molecule has 0 unspecified atom stereocenters. The molecule has 2 rings (SSSR count). The van der Waals surface area contributed by atoms with E-state index >= 15 is 0 Å². The molecule has 0 aliphatic heterocycles. The summed E-state index contributed by atoms with van der Waals surface area (Å²) in [7, 11) is 0. The quantitative estimate of drug-likeness (QED) is 0.821. The van der Waals surface area contributed by atoms with Crippen molar-refractivity contribution in [3.63, 3.8) is 0 Å². The van der Waals surface area contributed by atoms with Gasteiger partial charge in [0, 0.05) is 11.1 Å². The van der Waals surface area contributed by atoms with Crippen LogP contribution in [0.15, 0.2) is 18.3 Å². The van der Waals surface area contributed by atoms with Crippen LogP contribution in [-0.4, -0.2) is 15.1 Å². The zero-order valence-electron chi connectivity index (χ0n) is 8.07. The molecule has 0 saturated heterocycles. The first kappa shape index (κ1) is 10.5. The predicted molar refractivity (Wildman–Crippen MR) is 61.0 cm³/mol. The Hall–Kier alpha value is -0.970. The van der Waals surface area contributed by atoms with Crippen molar-refractivity contribution >= 4 is 22.9 Å². The number of hydrogen-bond acceptors (Lipinski definition) is 4. The summed E-state index contributed by atoms with van der Waals surface area (Å²) < 4.78 is 0. The van der Waals surface area contributed by atoms with E-state index in [4.69, 9.17) is 16.7 Å². The number of aryl methyl sites for hydroxylation is 1. The number of aliphatic hydroxyl groups excluding tert-OH is 1. The molecule has 78 valence electrons. The van der Waals surface area contributed by atoms with Crippen molar-refractivity contribution in [3.05, 3.63) is 34.1 Å². The Morgan fingerprint density at radius 3 is 2.93 bits per heavy atom. The van der Waals surface area contributed by atoms with Crippen LogP contribution in [0, 0.1) is 6.92 Å². The van der Waals surface area contributed by atoms with Crippen molar-refractivity contribution in [1.29, 1.82) is 0 Å². The maximum absolute atomic E-state index is 8.97. The molecule has 0 bridgehead atoms. The number of halogens is 1. The standard InChI is InChI=1S/C10H9ClN2OS/c1-6-4-12-10(11)13-9(6)8-3-2-7(5-14)15-8/h2-4,14H,5H2,1H3. The Balaban J connectivity index is 2.48. The van der Waals surface area contributed by atoms with Gasteiger partial charge in [0.15, 0.2) is 0 Å². The maximum Gasteiger partial charge on any atom is 0.222 e. The molecule has 0 radical (unpaired) electrons. The normalized spacial score (nSPS) is 10.6. The van der Waals surface area contributed by atoms with Gasteiger partial charge < -0.3 is 5.11 Å². The molecular weight excluding hydrogens is 232 g/mol. The first-order valence-corrected chi connectivity index (χ1v) is 5.59. The van der Waals surface area contributed by atoms with Crippen molar-refractivity contribution in [1.82, 2.24) is 9.97 Å². The number of thiophene rings is 1. The molecule has 2 heterocycles. The molecule has 2 aromatic heterocycles. The highest BCUT2D eigenvalue weighted by atomic mass is 35.5. The van der Waals surface area contributed by atoms with E-state index in [1.165, 1.54) is 11.3 Å². The van der Waals surface area contributed by atoms with Crippen LogP contribution in [0.1, 0.15) is 10.4 Å². The Bertz CT molecular complexity index is 484. The van der Waals surface area contributed by atoms with Gasteiger partial charge in [-0.05, 0) is 36.2 Å². The number of aromatic nitrogens is 2. The van der Waals surface area contributed by atoms with E-state index in [0.29, 0.717) is 0 Å². The first-order chi connectivity index (χ1) is 7.20. The molecule has 0 spiro atoms. The monoisotopic (exact) mass is 240 g/mol. The molecule has 0 fully saturated rings. The van der Waals surface area contributed by atoms with Gasteiger partial charge in [-0.15, -0.1) is 11.3 Å². The van der Waals surface area contributed by atoms with E-state index in [2.05, 4.69) is 9.97 Å². The van der Waals surface area contributed by atoms with Gasteiger partial charge >= 0.3 is 0 Å². The fourth-order valence-electron chi connectivity index (χ4n) is 1.26. The molecule has 0 saturated carbocycles. The third kappa shape index (κ3) is 2.17. The van der Waals surface area contributed by atoms with Crippen molar-refractivity contribution in [3.8, 4) is 10.6 Å².